The van der Waals surface area contributed by atoms with Crippen LogP contribution < -0.4 is 0 Å². The van der Waals surface area contributed by atoms with Gasteiger partial charge in [-0.2, -0.15) is 4.91 Å². The summed E-state index contributed by atoms with van der Waals surface area (Å²) in [5.74, 6) is -1.33. The molecule has 31 heavy (non-hydrogen) atoms. The highest BCUT2D eigenvalue weighted by Crippen LogP contribution is 2.42. The van der Waals surface area contributed by atoms with E-state index >= 15 is 0 Å². The highest BCUT2D eigenvalue weighted by molar-refractivity contribution is 5.10. The summed E-state index contributed by atoms with van der Waals surface area (Å²) in [6.45, 7) is 8.96. The molecule has 1 rings (SSSR count). The average Bonchev–Trinajstić information content (AvgIpc) is 2.90. The number of hydrogen-bond acceptors (Lipinski definition) is 7. The van der Waals surface area contributed by atoms with Crippen molar-refractivity contribution in [3.05, 3.63) is 28.2 Å². The van der Waals surface area contributed by atoms with E-state index in [1.807, 2.05) is 6.08 Å². The first-order valence-corrected chi connectivity index (χ1v) is 11.1. The van der Waals surface area contributed by atoms with E-state index in [9.17, 15) is 4.91 Å². The van der Waals surface area contributed by atoms with Gasteiger partial charge < -0.3 is 23.7 Å². The first-order valence-electron chi connectivity index (χ1n) is 11.1. The van der Waals surface area contributed by atoms with Crippen LogP contribution in [0.1, 0.15) is 66.2 Å². The summed E-state index contributed by atoms with van der Waals surface area (Å²) >= 11 is 0. The highest BCUT2D eigenvalue weighted by atomic mass is 16.7. The van der Waals surface area contributed by atoms with Crippen LogP contribution in [0.3, 0.4) is 0 Å². The minimum atomic E-state index is -0.859. The number of methoxy groups -OCH3 is 4. The fraction of sp³-hybridized carbons (Fsp3) is 0.833. The molecule has 0 aliphatic carbocycles. The van der Waals surface area contributed by atoms with Crippen molar-refractivity contribution in [1.29, 1.82) is 0 Å². The fourth-order valence-electron chi connectivity index (χ4n) is 4.50. The Morgan fingerprint density at radius 3 is 2.39 bits per heavy atom. The van der Waals surface area contributed by atoms with Crippen molar-refractivity contribution in [3.63, 3.8) is 0 Å². The van der Waals surface area contributed by atoms with Gasteiger partial charge in [-0.1, -0.05) is 29.8 Å². The van der Waals surface area contributed by atoms with E-state index in [1.165, 1.54) is 5.57 Å². The zero-order valence-corrected chi connectivity index (χ0v) is 20.8. The van der Waals surface area contributed by atoms with Gasteiger partial charge in [0.2, 0.25) is 0 Å². The molecule has 0 saturated carbocycles. The molecule has 0 amide bonds. The molecule has 1 unspecified atom stereocenters. The number of allylic oxidation sites excluding steroid dienone is 1. The third-order valence-electron chi connectivity index (χ3n) is 6.80. The van der Waals surface area contributed by atoms with Crippen LogP contribution >= 0.6 is 0 Å². The maximum absolute atomic E-state index is 10.5. The molecule has 1 heterocycles. The Morgan fingerprint density at radius 2 is 1.87 bits per heavy atom. The van der Waals surface area contributed by atoms with Gasteiger partial charge in [0.25, 0.3) is 0 Å². The van der Waals surface area contributed by atoms with Crippen molar-refractivity contribution in [1.82, 2.24) is 0 Å². The number of nitrogens with zero attached hydrogens (tertiary/aromatic N) is 1. The molecule has 7 heteroatoms. The first kappa shape index (κ1) is 27.9. The lowest BCUT2D eigenvalue weighted by Crippen LogP contribution is -2.56. The smallest absolute Gasteiger partial charge is 0.197 e. The maximum atomic E-state index is 10.5. The molecule has 0 aromatic carbocycles. The van der Waals surface area contributed by atoms with Crippen LogP contribution in [0.2, 0.25) is 0 Å². The van der Waals surface area contributed by atoms with Gasteiger partial charge in [-0.3, -0.25) is 0 Å². The van der Waals surface area contributed by atoms with Crippen LogP contribution in [-0.4, -0.2) is 58.8 Å². The molecule has 0 bridgehead atoms. The van der Waals surface area contributed by atoms with Crippen LogP contribution in [0.15, 0.2) is 28.5 Å². The van der Waals surface area contributed by atoms with Crippen LogP contribution in [-0.2, 0) is 23.7 Å². The molecule has 2 atom stereocenters. The number of hydrogen-bond donors (Lipinski definition) is 0. The Hall–Kier alpha value is -1.12. The van der Waals surface area contributed by atoms with Gasteiger partial charge >= 0.3 is 0 Å². The van der Waals surface area contributed by atoms with Crippen molar-refractivity contribution in [3.8, 4) is 0 Å². The summed E-state index contributed by atoms with van der Waals surface area (Å²) in [5.41, 5.74) is 1.65. The first-order chi connectivity index (χ1) is 14.7. The molecule has 1 aliphatic heterocycles. The quantitative estimate of drug-likeness (QED) is 0.217. The molecule has 0 N–H and O–H groups in total. The molecular formula is C24H43NO6. The maximum Gasteiger partial charge on any atom is 0.197 e. The Labute approximate surface area is 188 Å². The highest BCUT2D eigenvalue weighted by Gasteiger charge is 2.51. The Morgan fingerprint density at radius 1 is 1.23 bits per heavy atom. The van der Waals surface area contributed by atoms with E-state index < -0.39 is 17.2 Å². The Kier molecular flexibility index (Phi) is 11.5. The minimum Gasteiger partial charge on any atom is -0.365 e. The summed E-state index contributed by atoms with van der Waals surface area (Å²) < 4.78 is 29.8. The van der Waals surface area contributed by atoms with Crippen molar-refractivity contribution >= 4 is 0 Å². The van der Waals surface area contributed by atoms with E-state index in [0.717, 1.165) is 31.3 Å². The van der Waals surface area contributed by atoms with Gasteiger partial charge in [-0.15, -0.1) is 0 Å². The predicted molar refractivity (Wildman–Crippen MR) is 123 cm³/mol. The lowest BCUT2D eigenvalue weighted by Gasteiger charge is -2.45. The zero-order valence-electron chi connectivity index (χ0n) is 20.8. The van der Waals surface area contributed by atoms with E-state index in [1.54, 1.807) is 28.4 Å². The van der Waals surface area contributed by atoms with Gasteiger partial charge in [-0.05, 0) is 52.0 Å². The Balaban J connectivity index is 2.93. The average molecular weight is 442 g/mol. The third-order valence-corrected chi connectivity index (χ3v) is 6.80. The summed E-state index contributed by atoms with van der Waals surface area (Å²) in [4.78, 5) is 10.5. The third kappa shape index (κ3) is 6.93. The van der Waals surface area contributed by atoms with Crippen LogP contribution in [0.25, 0.3) is 0 Å². The summed E-state index contributed by atoms with van der Waals surface area (Å²) in [7, 11) is 6.74. The van der Waals surface area contributed by atoms with Crippen molar-refractivity contribution in [2.45, 2.75) is 83.4 Å². The minimum absolute atomic E-state index is 0.154. The van der Waals surface area contributed by atoms with Gasteiger partial charge in [0.05, 0.1) is 13.2 Å². The van der Waals surface area contributed by atoms with Crippen LogP contribution in [0.4, 0.5) is 0 Å². The molecule has 0 spiro atoms. The molecule has 1 aliphatic rings. The molecule has 1 fully saturated rings. The normalized spacial score (nSPS) is 23.9. The monoisotopic (exact) mass is 441 g/mol. The van der Waals surface area contributed by atoms with Gasteiger partial charge in [-0.25, -0.2) is 0 Å². The zero-order chi connectivity index (χ0) is 23.5. The van der Waals surface area contributed by atoms with Gasteiger partial charge in [0.1, 0.15) is 5.60 Å². The van der Waals surface area contributed by atoms with Gasteiger partial charge in [0.15, 0.2) is 11.6 Å². The molecule has 0 radical (unpaired) electrons. The van der Waals surface area contributed by atoms with Crippen LogP contribution in [0, 0.1) is 10.8 Å². The largest absolute Gasteiger partial charge is 0.365 e. The lowest BCUT2D eigenvalue weighted by atomic mass is 9.83. The lowest BCUT2D eigenvalue weighted by molar-refractivity contribution is -0.307. The van der Waals surface area contributed by atoms with E-state index in [4.69, 9.17) is 23.7 Å². The van der Waals surface area contributed by atoms with Gasteiger partial charge in [0, 0.05) is 47.2 Å². The number of nitroso groups, excluding NO2 is 1. The molecule has 0 aromatic rings. The predicted octanol–water partition coefficient (Wildman–Crippen LogP) is 5.39. The summed E-state index contributed by atoms with van der Waals surface area (Å²) in [6.07, 6.45) is 8.64. The van der Waals surface area contributed by atoms with E-state index in [0.29, 0.717) is 19.4 Å². The van der Waals surface area contributed by atoms with E-state index in [-0.39, 0.29) is 12.5 Å². The fourth-order valence-corrected chi connectivity index (χ4v) is 4.50. The van der Waals surface area contributed by atoms with Crippen molar-refractivity contribution < 1.29 is 23.7 Å². The standard InChI is InChI=1S/C24H43NO6/c1-19(2)11-15-23(27-5,28-6)20(3)10-9-14-22(4)24(29-7,30-8)16-12-21(18-31-22)13-17-25-26/h11,13,20H,9-10,12,14-18H2,1-8H3/t20?,22-/m0/s1. The second-order valence-electron chi connectivity index (χ2n) is 8.85. The molecule has 7 nitrogen and oxygen atoms in total. The summed E-state index contributed by atoms with van der Waals surface area (Å²) in [5, 5.41) is 2.94. The topological polar surface area (TPSA) is 75.6 Å². The second-order valence-corrected chi connectivity index (χ2v) is 8.85. The summed E-state index contributed by atoms with van der Waals surface area (Å²) in [6, 6.07) is 0. The molecule has 0 aromatic heterocycles. The number of ether oxygens (including phenoxy) is 5. The van der Waals surface area contributed by atoms with Crippen LogP contribution in [0.5, 0.6) is 0 Å². The van der Waals surface area contributed by atoms with Crippen molar-refractivity contribution in [2.75, 3.05) is 41.6 Å². The molecular weight excluding hydrogens is 398 g/mol. The van der Waals surface area contributed by atoms with Crippen molar-refractivity contribution in [2.24, 2.45) is 11.1 Å². The molecule has 180 valence electrons. The Bertz CT molecular complexity index is 605. The molecule has 1 saturated heterocycles. The number of rotatable bonds is 13. The van der Waals surface area contributed by atoms with E-state index in [2.05, 4.69) is 38.9 Å². The SMILES string of the molecule is COC(CC=C(C)C)(OC)C(C)CCC[C@]1(C)OCC(=CCN=O)CCC1(OC)OC. The second kappa shape index (κ2) is 12.8.